The van der Waals surface area contributed by atoms with Crippen LogP contribution >= 0.6 is 11.6 Å². The molecule has 0 aliphatic heterocycles. The predicted molar refractivity (Wildman–Crippen MR) is 82.8 cm³/mol. The van der Waals surface area contributed by atoms with Crippen LogP contribution in [-0.4, -0.2) is 19.3 Å². The van der Waals surface area contributed by atoms with Gasteiger partial charge in [-0.25, -0.2) is 8.42 Å². The average molecular weight is 326 g/mol. The summed E-state index contributed by atoms with van der Waals surface area (Å²) in [7, 11) is -3.66. The third-order valence-electron chi connectivity index (χ3n) is 3.15. The van der Waals surface area contributed by atoms with Gasteiger partial charge >= 0.3 is 0 Å². The molecule has 4 nitrogen and oxygen atoms in total. The molecule has 0 aromatic heterocycles. The summed E-state index contributed by atoms with van der Waals surface area (Å²) in [6, 6.07) is 13.1. The maximum Gasteiger partial charge on any atom is 0.182 e. The molecule has 1 atom stereocenters. The molecule has 6 heteroatoms. The van der Waals surface area contributed by atoms with Crippen LogP contribution in [0, 0.1) is 0 Å². The standard InChI is InChI=1S/C15H16ClNO3S/c16-13-3-1-2-4-15(13)21(19,20)10-14(18)12-7-5-11(9-17)6-8-12/h1-8,14,18H,9-10,17H2. The molecule has 2 rings (SSSR count). The Balaban J connectivity index is 2.21. The van der Waals surface area contributed by atoms with E-state index in [1.165, 1.54) is 12.1 Å². The maximum atomic E-state index is 12.3. The van der Waals surface area contributed by atoms with E-state index in [-0.39, 0.29) is 9.92 Å². The molecule has 0 radical (unpaired) electrons. The van der Waals surface area contributed by atoms with Crippen LogP contribution < -0.4 is 5.73 Å². The lowest BCUT2D eigenvalue weighted by atomic mass is 10.1. The number of halogens is 1. The van der Waals surface area contributed by atoms with Crippen LogP contribution in [0.5, 0.6) is 0 Å². The highest BCUT2D eigenvalue weighted by molar-refractivity contribution is 7.91. The Bertz CT molecular complexity index is 714. The molecule has 0 amide bonds. The predicted octanol–water partition coefficient (Wildman–Crippen LogP) is 2.31. The van der Waals surface area contributed by atoms with Gasteiger partial charge in [-0.05, 0) is 23.3 Å². The van der Waals surface area contributed by atoms with Crippen LogP contribution in [0.2, 0.25) is 5.02 Å². The van der Waals surface area contributed by atoms with Gasteiger partial charge < -0.3 is 10.8 Å². The average Bonchev–Trinajstić information content (AvgIpc) is 2.47. The van der Waals surface area contributed by atoms with Crippen LogP contribution in [0.3, 0.4) is 0 Å². The van der Waals surface area contributed by atoms with Crippen molar-refractivity contribution in [2.75, 3.05) is 5.75 Å². The lowest BCUT2D eigenvalue weighted by Gasteiger charge is -2.13. The van der Waals surface area contributed by atoms with Crippen LogP contribution in [0.15, 0.2) is 53.4 Å². The number of sulfone groups is 1. The second-order valence-electron chi connectivity index (χ2n) is 4.67. The van der Waals surface area contributed by atoms with Crippen molar-refractivity contribution in [3.05, 3.63) is 64.7 Å². The van der Waals surface area contributed by atoms with E-state index in [4.69, 9.17) is 17.3 Å². The highest BCUT2D eigenvalue weighted by Gasteiger charge is 2.23. The van der Waals surface area contributed by atoms with Crippen LogP contribution in [0.25, 0.3) is 0 Å². The molecule has 2 aromatic carbocycles. The molecule has 3 N–H and O–H groups in total. The van der Waals surface area contributed by atoms with Gasteiger partial charge in [-0.15, -0.1) is 0 Å². The molecule has 21 heavy (non-hydrogen) atoms. The molecule has 0 heterocycles. The van der Waals surface area contributed by atoms with E-state index in [1.54, 1.807) is 36.4 Å². The second kappa shape index (κ2) is 6.58. The summed E-state index contributed by atoms with van der Waals surface area (Å²) in [4.78, 5) is 0.0318. The molecule has 112 valence electrons. The molecular weight excluding hydrogens is 310 g/mol. The monoisotopic (exact) mass is 325 g/mol. The smallest absolute Gasteiger partial charge is 0.182 e. The van der Waals surface area contributed by atoms with Gasteiger partial charge in [0, 0.05) is 6.54 Å². The van der Waals surface area contributed by atoms with Crippen LogP contribution in [0.4, 0.5) is 0 Å². The number of nitrogens with two attached hydrogens (primary N) is 1. The van der Waals surface area contributed by atoms with Crippen molar-refractivity contribution >= 4 is 21.4 Å². The Morgan fingerprint density at radius 2 is 1.71 bits per heavy atom. The summed E-state index contributed by atoms with van der Waals surface area (Å²) in [5.74, 6) is -0.418. The summed E-state index contributed by atoms with van der Waals surface area (Å²) in [5.41, 5.74) is 6.94. The first-order chi connectivity index (χ1) is 9.94. The zero-order valence-electron chi connectivity index (χ0n) is 11.2. The minimum atomic E-state index is -3.66. The molecule has 0 aliphatic carbocycles. The lowest BCUT2D eigenvalue weighted by molar-refractivity contribution is 0.201. The number of hydrogen-bond donors (Lipinski definition) is 2. The Morgan fingerprint density at radius 1 is 1.10 bits per heavy atom. The van der Waals surface area contributed by atoms with Gasteiger partial charge in [0.15, 0.2) is 9.84 Å². The van der Waals surface area contributed by atoms with Gasteiger partial charge in [0.25, 0.3) is 0 Å². The molecule has 1 unspecified atom stereocenters. The molecule has 0 aliphatic rings. The highest BCUT2D eigenvalue weighted by Crippen LogP contribution is 2.25. The van der Waals surface area contributed by atoms with E-state index in [0.717, 1.165) is 5.56 Å². The SMILES string of the molecule is NCc1ccc(C(O)CS(=O)(=O)c2ccccc2Cl)cc1. The van der Waals surface area contributed by atoms with Crippen molar-refractivity contribution in [3.8, 4) is 0 Å². The minimum absolute atomic E-state index is 0.0318. The number of aliphatic hydroxyl groups is 1. The summed E-state index contributed by atoms with van der Waals surface area (Å²) >= 11 is 5.90. The van der Waals surface area contributed by atoms with Crippen molar-refractivity contribution in [3.63, 3.8) is 0 Å². The van der Waals surface area contributed by atoms with Gasteiger partial charge in [-0.3, -0.25) is 0 Å². The first kappa shape index (κ1) is 16.0. The van der Waals surface area contributed by atoms with Gasteiger partial charge in [0.05, 0.1) is 21.8 Å². The first-order valence-corrected chi connectivity index (χ1v) is 8.41. The van der Waals surface area contributed by atoms with Crippen molar-refractivity contribution in [1.82, 2.24) is 0 Å². The molecule has 2 aromatic rings. The fraction of sp³-hybridized carbons (Fsp3) is 0.200. The Morgan fingerprint density at radius 3 is 2.29 bits per heavy atom. The fourth-order valence-corrected chi connectivity index (χ4v) is 3.89. The van der Waals surface area contributed by atoms with E-state index < -0.39 is 21.7 Å². The van der Waals surface area contributed by atoms with E-state index in [0.29, 0.717) is 12.1 Å². The summed E-state index contributed by atoms with van der Waals surface area (Å²) < 4.78 is 24.6. The van der Waals surface area contributed by atoms with Crippen LogP contribution in [0.1, 0.15) is 17.2 Å². The van der Waals surface area contributed by atoms with E-state index >= 15 is 0 Å². The van der Waals surface area contributed by atoms with Gasteiger partial charge in [0.1, 0.15) is 0 Å². The molecule has 0 bridgehead atoms. The topological polar surface area (TPSA) is 80.4 Å². The number of rotatable bonds is 5. The number of benzene rings is 2. The van der Waals surface area contributed by atoms with Crippen molar-refractivity contribution in [2.24, 2.45) is 5.73 Å². The quantitative estimate of drug-likeness (QED) is 0.884. The fourth-order valence-electron chi connectivity index (χ4n) is 1.97. The zero-order valence-corrected chi connectivity index (χ0v) is 12.8. The number of aliphatic hydroxyl groups excluding tert-OH is 1. The Hall–Kier alpha value is -1.40. The van der Waals surface area contributed by atoms with Gasteiger partial charge in [-0.1, -0.05) is 48.0 Å². The Kier molecular flexibility index (Phi) is 5.00. The van der Waals surface area contributed by atoms with E-state index in [1.807, 2.05) is 0 Å². The van der Waals surface area contributed by atoms with Crippen molar-refractivity contribution in [2.45, 2.75) is 17.5 Å². The lowest BCUT2D eigenvalue weighted by Crippen LogP contribution is -2.15. The third kappa shape index (κ3) is 3.83. The number of hydrogen-bond acceptors (Lipinski definition) is 4. The van der Waals surface area contributed by atoms with Gasteiger partial charge in [-0.2, -0.15) is 0 Å². The normalized spacial score (nSPS) is 13.1. The molecule has 0 saturated carbocycles. The van der Waals surface area contributed by atoms with E-state index in [9.17, 15) is 13.5 Å². The largest absolute Gasteiger partial charge is 0.387 e. The van der Waals surface area contributed by atoms with Gasteiger partial charge in [0.2, 0.25) is 0 Å². The third-order valence-corrected chi connectivity index (χ3v) is 5.37. The van der Waals surface area contributed by atoms with Crippen LogP contribution in [-0.2, 0) is 16.4 Å². The minimum Gasteiger partial charge on any atom is -0.387 e. The zero-order chi connectivity index (χ0) is 15.5. The second-order valence-corrected chi connectivity index (χ2v) is 7.08. The summed E-state index contributed by atoms with van der Waals surface area (Å²) in [6.07, 6.45) is -1.11. The highest BCUT2D eigenvalue weighted by atomic mass is 35.5. The maximum absolute atomic E-state index is 12.3. The van der Waals surface area contributed by atoms with Crippen molar-refractivity contribution in [1.29, 1.82) is 0 Å². The molecule has 0 fully saturated rings. The Labute approximate surface area is 129 Å². The first-order valence-electron chi connectivity index (χ1n) is 6.38. The molecular formula is C15H16ClNO3S. The van der Waals surface area contributed by atoms with E-state index in [2.05, 4.69) is 0 Å². The molecule has 0 saturated heterocycles. The summed E-state index contributed by atoms with van der Waals surface area (Å²) in [6.45, 7) is 0.397. The molecule has 0 spiro atoms. The summed E-state index contributed by atoms with van der Waals surface area (Å²) in [5, 5.41) is 10.3. The van der Waals surface area contributed by atoms with Crippen molar-refractivity contribution < 1.29 is 13.5 Å².